The van der Waals surface area contributed by atoms with Crippen LogP contribution >= 0.6 is 0 Å². The molecule has 0 saturated heterocycles. The Morgan fingerprint density at radius 2 is 2.00 bits per heavy atom. The Hall–Kier alpha value is -0.0900. The van der Waals surface area contributed by atoms with Gasteiger partial charge in [-0.1, -0.05) is 13.8 Å². The quantitative estimate of drug-likeness (QED) is 0.722. The molecule has 1 saturated carbocycles. The van der Waals surface area contributed by atoms with Gasteiger partial charge in [-0.15, -0.1) is 0 Å². The maximum atomic E-state index is 11.5. The normalized spacial score (nSPS) is 35.6. The molecule has 1 aliphatic rings. The molecule has 0 aliphatic heterocycles. The fraction of sp³-hybridized carbons (Fsp3) is 1.00. The summed E-state index contributed by atoms with van der Waals surface area (Å²) in [6.45, 7) is 5.96. The van der Waals surface area contributed by atoms with Gasteiger partial charge in [-0.25, -0.2) is 13.1 Å². The lowest BCUT2D eigenvalue weighted by molar-refractivity contribution is 0.514. The average Bonchev–Trinajstić information content (AvgIpc) is 2.64. The van der Waals surface area contributed by atoms with E-state index < -0.39 is 14.8 Å². The van der Waals surface area contributed by atoms with Gasteiger partial charge >= 0.3 is 0 Å². The SMILES string of the molecule is CNS(=O)(=O)C1(C)CC1C(C)C. The molecule has 0 amide bonds. The minimum Gasteiger partial charge on any atom is -0.218 e. The summed E-state index contributed by atoms with van der Waals surface area (Å²) in [6, 6.07) is 0. The van der Waals surface area contributed by atoms with Crippen molar-refractivity contribution >= 4 is 10.0 Å². The molecule has 0 aromatic rings. The summed E-state index contributed by atoms with van der Waals surface area (Å²) >= 11 is 0. The van der Waals surface area contributed by atoms with Crippen LogP contribution in [0.5, 0.6) is 0 Å². The Morgan fingerprint density at radius 1 is 1.50 bits per heavy atom. The van der Waals surface area contributed by atoms with E-state index in [0.29, 0.717) is 11.8 Å². The van der Waals surface area contributed by atoms with Gasteiger partial charge in [-0.2, -0.15) is 0 Å². The second-order valence-electron chi connectivity index (χ2n) is 4.07. The van der Waals surface area contributed by atoms with Crippen LogP contribution in [0.1, 0.15) is 27.2 Å². The average molecular weight is 191 g/mol. The van der Waals surface area contributed by atoms with Crippen LogP contribution in [0.2, 0.25) is 0 Å². The van der Waals surface area contributed by atoms with Gasteiger partial charge < -0.3 is 0 Å². The van der Waals surface area contributed by atoms with Crippen LogP contribution in [0.3, 0.4) is 0 Å². The zero-order valence-electron chi connectivity index (χ0n) is 8.09. The van der Waals surface area contributed by atoms with E-state index in [-0.39, 0.29) is 0 Å². The molecule has 2 atom stereocenters. The molecule has 0 heterocycles. The topological polar surface area (TPSA) is 46.2 Å². The van der Waals surface area contributed by atoms with E-state index in [1.165, 1.54) is 7.05 Å². The molecule has 3 nitrogen and oxygen atoms in total. The van der Waals surface area contributed by atoms with E-state index in [1.807, 2.05) is 6.92 Å². The molecule has 0 spiro atoms. The van der Waals surface area contributed by atoms with E-state index >= 15 is 0 Å². The van der Waals surface area contributed by atoms with Crippen molar-refractivity contribution in [2.24, 2.45) is 11.8 Å². The lowest BCUT2D eigenvalue weighted by Crippen LogP contribution is -2.33. The van der Waals surface area contributed by atoms with Gasteiger partial charge in [0.2, 0.25) is 10.0 Å². The zero-order chi connectivity index (χ0) is 9.57. The van der Waals surface area contributed by atoms with Crippen LogP contribution in [0, 0.1) is 11.8 Å². The van der Waals surface area contributed by atoms with Gasteiger partial charge in [0, 0.05) is 0 Å². The molecule has 0 aromatic carbocycles. The highest BCUT2D eigenvalue weighted by Gasteiger charge is 2.60. The van der Waals surface area contributed by atoms with Gasteiger partial charge in [-0.05, 0) is 32.2 Å². The lowest BCUT2D eigenvalue weighted by atomic mass is 10.1. The molecule has 12 heavy (non-hydrogen) atoms. The second-order valence-corrected chi connectivity index (χ2v) is 6.42. The van der Waals surface area contributed by atoms with Crippen molar-refractivity contribution < 1.29 is 8.42 Å². The fourth-order valence-corrected chi connectivity index (χ4v) is 3.40. The third kappa shape index (κ3) is 1.27. The Balaban J connectivity index is 2.81. The Kier molecular flexibility index (Phi) is 2.25. The van der Waals surface area contributed by atoms with Crippen molar-refractivity contribution in [3.63, 3.8) is 0 Å². The van der Waals surface area contributed by atoms with Gasteiger partial charge in [0.15, 0.2) is 0 Å². The molecule has 4 heteroatoms. The highest BCUT2D eigenvalue weighted by molar-refractivity contribution is 7.91. The van der Waals surface area contributed by atoms with Gasteiger partial charge in [0.1, 0.15) is 0 Å². The van der Waals surface area contributed by atoms with Crippen LogP contribution in [0.15, 0.2) is 0 Å². The number of rotatable bonds is 3. The third-order valence-corrected chi connectivity index (χ3v) is 5.17. The highest BCUT2D eigenvalue weighted by atomic mass is 32.2. The second kappa shape index (κ2) is 2.70. The standard InChI is InChI=1S/C8H17NO2S/c1-6(2)7-5-8(7,3)12(10,11)9-4/h6-7,9H,5H2,1-4H3. The maximum absolute atomic E-state index is 11.5. The van der Waals surface area contributed by atoms with Gasteiger partial charge in [-0.3, -0.25) is 0 Å². The summed E-state index contributed by atoms with van der Waals surface area (Å²) < 4.78 is 24.9. The maximum Gasteiger partial charge on any atom is 0.217 e. The molecule has 0 bridgehead atoms. The first-order valence-electron chi connectivity index (χ1n) is 4.28. The van der Waals surface area contributed by atoms with E-state index in [0.717, 1.165) is 6.42 Å². The third-order valence-electron chi connectivity index (χ3n) is 2.94. The molecule has 1 aliphatic carbocycles. The molecule has 1 rings (SSSR count). The highest BCUT2D eigenvalue weighted by Crippen LogP contribution is 2.53. The molecular formula is C8H17NO2S. The number of hydrogen-bond acceptors (Lipinski definition) is 2. The van der Waals surface area contributed by atoms with Crippen molar-refractivity contribution in [3.8, 4) is 0 Å². The number of hydrogen-bond donors (Lipinski definition) is 1. The predicted octanol–water partition coefficient (Wildman–Crippen LogP) is 0.970. The Morgan fingerprint density at radius 3 is 2.25 bits per heavy atom. The van der Waals surface area contributed by atoms with Crippen LogP contribution in [-0.4, -0.2) is 20.2 Å². The lowest BCUT2D eigenvalue weighted by Gasteiger charge is -2.13. The Bertz CT molecular complexity index is 271. The summed E-state index contributed by atoms with van der Waals surface area (Å²) in [5.74, 6) is 0.785. The molecule has 72 valence electrons. The predicted molar refractivity (Wildman–Crippen MR) is 49.3 cm³/mol. The van der Waals surface area contributed by atoms with Crippen LogP contribution in [0.4, 0.5) is 0 Å². The van der Waals surface area contributed by atoms with E-state index in [4.69, 9.17) is 0 Å². The first kappa shape index (κ1) is 9.99. The summed E-state index contributed by atoms with van der Waals surface area (Å²) in [5, 5.41) is 0. The van der Waals surface area contributed by atoms with Crippen molar-refractivity contribution in [1.29, 1.82) is 0 Å². The molecule has 0 aromatic heterocycles. The van der Waals surface area contributed by atoms with Crippen molar-refractivity contribution in [1.82, 2.24) is 4.72 Å². The molecular weight excluding hydrogens is 174 g/mol. The fourth-order valence-electron chi connectivity index (χ4n) is 1.86. The summed E-state index contributed by atoms with van der Waals surface area (Å²) in [6.07, 6.45) is 0.799. The summed E-state index contributed by atoms with van der Waals surface area (Å²) in [5.41, 5.74) is 0. The molecule has 1 fully saturated rings. The van der Waals surface area contributed by atoms with Crippen LogP contribution in [-0.2, 0) is 10.0 Å². The smallest absolute Gasteiger partial charge is 0.217 e. The summed E-state index contributed by atoms with van der Waals surface area (Å²) in [7, 11) is -1.59. The van der Waals surface area contributed by atoms with E-state index in [1.54, 1.807) is 0 Å². The first-order valence-corrected chi connectivity index (χ1v) is 5.76. The molecule has 2 unspecified atom stereocenters. The largest absolute Gasteiger partial charge is 0.218 e. The van der Waals surface area contributed by atoms with E-state index in [9.17, 15) is 8.42 Å². The first-order chi connectivity index (χ1) is 5.35. The minimum absolute atomic E-state index is 0.329. The minimum atomic E-state index is -3.07. The van der Waals surface area contributed by atoms with E-state index in [2.05, 4.69) is 18.6 Å². The van der Waals surface area contributed by atoms with Crippen LogP contribution in [0.25, 0.3) is 0 Å². The monoisotopic (exact) mass is 191 g/mol. The van der Waals surface area contributed by atoms with Crippen molar-refractivity contribution in [2.45, 2.75) is 31.9 Å². The molecule has 1 N–H and O–H groups in total. The van der Waals surface area contributed by atoms with Gasteiger partial charge in [0.05, 0.1) is 4.75 Å². The van der Waals surface area contributed by atoms with Crippen LogP contribution < -0.4 is 4.72 Å². The van der Waals surface area contributed by atoms with Crippen molar-refractivity contribution in [3.05, 3.63) is 0 Å². The molecule has 0 radical (unpaired) electrons. The zero-order valence-corrected chi connectivity index (χ0v) is 8.90. The number of nitrogens with one attached hydrogen (secondary N) is 1. The Labute approximate surface area is 74.6 Å². The van der Waals surface area contributed by atoms with Gasteiger partial charge in [0.25, 0.3) is 0 Å². The number of sulfonamides is 1. The summed E-state index contributed by atoms with van der Waals surface area (Å²) in [4.78, 5) is 0. The van der Waals surface area contributed by atoms with Crippen molar-refractivity contribution in [2.75, 3.05) is 7.05 Å².